The molecule has 6 heteroatoms. The van der Waals surface area contributed by atoms with Gasteiger partial charge in [0.05, 0.1) is 12.8 Å². The molecule has 0 atom stereocenters. The number of hydrogen-bond donors (Lipinski definition) is 1. The van der Waals surface area contributed by atoms with Gasteiger partial charge >= 0.3 is 0 Å². The van der Waals surface area contributed by atoms with Crippen molar-refractivity contribution in [2.24, 2.45) is 0 Å². The Hall–Kier alpha value is -2.60. The average Bonchev–Trinajstić information content (AvgIpc) is 2.68. The van der Waals surface area contributed by atoms with Gasteiger partial charge in [-0.25, -0.2) is 0 Å². The van der Waals surface area contributed by atoms with Crippen molar-refractivity contribution in [2.45, 2.75) is 0 Å². The molecule has 1 heterocycles. The quantitative estimate of drug-likeness (QED) is 0.858. The molecule has 1 aliphatic heterocycles. The van der Waals surface area contributed by atoms with Gasteiger partial charge in [-0.05, 0) is 24.3 Å². The second-order valence-corrected chi connectivity index (χ2v) is 6.16. The number of para-hydroxylation sites is 3. The first-order valence-corrected chi connectivity index (χ1v) is 8.63. The van der Waals surface area contributed by atoms with Crippen molar-refractivity contribution in [1.82, 2.24) is 4.90 Å². The summed E-state index contributed by atoms with van der Waals surface area (Å²) < 4.78 is 5.43. The number of nitrogens with one attached hydrogen (secondary N) is 1. The highest BCUT2D eigenvalue weighted by atomic mass is 32.1. The number of benzene rings is 2. The Kier molecular flexibility index (Phi) is 5.50. The number of rotatable bonds is 3. The highest BCUT2D eigenvalue weighted by molar-refractivity contribution is 7.82. The third-order valence-electron chi connectivity index (χ3n) is 4.22. The van der Waals surface area contributed by atoms with Crippen molar-refractivity contribution < 1.29 is 9.53 Å². The Morgan fingerprint density at radius 1 is 1.00 bits per heavy atom. The van der Waals surface area contributed by atoms with Gasteiger partial charge in [0, 0.05) is 31.9 Å². The van der Waals surface area contributed by atoms with Crippen LogP contribution in [-0.2, 0) is 4.79 Å². The number of carbonyl (C=O) groups excluding carboxylic acids is 1. The summed E-state index contributed by atoms with van der Waals surface area (Å²) in [6.07, 6.45) is 0. The summed E-state index contributed by atoms with van der Waals surface area (Å²) >= 11 is 5.37. The third kappa shape index (κ3) is 4.09. The molecule has 1 amide bonds. The lowest BCUT2D eigenvalue weighted by atomic mass is 10.2. The highest BCUT2D eigenvalue weighted by Gasteiger charge is 2.24. The summed E-state index contributed by atoms with van der Waals surface area (Å²) in [6.45, 7) is 3.00. The van der Waals surface area contributed by atoms with Crippen LogP contribution in [-0.4, -0.2) is 49.1 Å². The van der Waals surface area contributed by atoms with Crippen LogP contribution in [0.5, 0.6) is 5.75 Å². The Morgan fingerprint density at radius 3 is 2.32 bits per heavy atom. The zero-order valence-electron chi connectivity index (χ0n) is 14.1. The van der Waals surface area contributed by atoms with E-state index in [0.29, 0.717) is 18.1 Å². The normalized spacial score (nSPS) is 14.1. The van der Waals surface area contributed by atoms with E-state index in [9.17, 15) is 4.79 Å². The van der Waals surface area contributed by atoms with Gasteiger partial charge in [0.15, 0.2) is 4.99 Å². The number of carbonyl (C=O) groups is 1. The van der Waals surface area contributed by atoms with Crippen LogP contribution in [0.4, 0.5) is 11.4 Å². The van der Waals surface area contributed by atoms with E-state index in [1.807, 2.05) is 53.4 Å². The van der Waals surface area contributed by atoms with E-state index in [1.54, 1.807) is 7.11 Å². The van der Waals surface area contributed by atoms with Crippen LogP contribution in [0.1, 0.15) is 0 Å². The van der Waals surface area contributed by atoms with E-state index in [-0.39, 0.29) is 5.91 Å². The van der Waals surface area contributed by atoms with E-state index >= 15 is 0 Å². The zero-order valence-corrected chi connectivity index (χ0v) is 15.0. The Balaban J connectivity index is 1.58. The standard InChI is InChI=1S/C19H21N3O2S/c1-24-17-10-6-5-9-16(17)21-11-13-22(14-12-21)19(25)18(23)20-15-7-3-2-4-8-15/h2-10H,11-14H2,1H3,(H,20,23). The van der Waals surface area contributed by atoms with Crippen molar-refractivity contribution in [3.05, 3.63) is 54.6 Å². The molecule has 1 aliphatic rings. The molecule has 25 heavy (non-hydrogen) atoms. The lowest BCUT2D eigenvalue weighted by Gasteiger charge is -2.37. The molecule has 3 rings (SSSR count). The number of amides is 1. The fourth-order valence-corrected chi connectivity index (χ4v) is 3.12. The van der Waals surface area contributed by atoms with Gasteiger partial charge in [-0.15, -0.1) is 0 Å². The summed E-state index contributed by atoms with van der Waals surface area (Å²) in [4.78, 5) is 16.9. The van der Waals surface area contributed by atoms with E-state index in [2.05, 4.69) is 16.3 Å². The summed E-state index contributed by atoms with van der Waals surface area (Å²) in [5, 5.41) is 2.84. The Labute approximate surface area is 153 Å². The first kappa shape index (κ1) is 17.2. The van der Waals surface area contributed by atoms with Crippen molar-refractivity contribution in [1.29, 1.82) is 0 Å². The predicted octanol–water partition coefficient (Wildman–Crippen LogP) is 2.78. The summed E-state index contributed by atoms with van der Waals surface area (Å²) in [6, 6.07) is 17.3. The number of hydrogen-bond acceptors (Lipinski definition) is 4. The maximum absolute atomic E-state index is 12.3. The molecule has 0 radical (unpaired) electrons. The maximum Gasteiger partial charge on any atom is 0.283 e. The molecule has 0 saturated carbocycles. The average molecular weight is 355 g/mol. The molecular formula is C19H21N3O2S. The summed E-state index contributed by atoms with van der Waals surface area (Å²) in [7, 11) is 1.68. The van der Waals surface area contributed by atoms with Crippen molar-refractivity contribution in [3.8, 4) is 5.75 Å². The number of anilines is 2. The fraction of sp³-hybridized carbons (Fsp3) is 0.263. The van der Waals surface area contributed by atoms with Crippen LogP contribution in [0.2, 0.25) is 0 Å². The van der Waals surface area contributed by atoms with Crippen LogP contribution in [0.25, 0.3) is 0 Å². The van der Waals surface area contributed by atoms with Gasteiger partial charge < -0.3 is 19.9 Å². The molecule has 0 bridgehead atoms. The van der Waals surface area contributed by atoms with Crippen LogP contribution in [0, 0.1) is 0 Å². The summed E-state index contributed by atoms with van der Waals surface area (Å²) in [5.74, 6) is 0.632. The molecule has 0 aromatic heterocycles. The first-order chi connectivity index (χ1) is 12.2. The minimum Gasteiger partial charge on any atom is -0.495 e. The number of methoxy groups -OCH3 is 1. The largest absolute Gasteiger partial charge is 0.495 e. The highest BCUT2D eigenvalue weighted by Crippen LogP contribution is 2.28. The number of thiocarbonyl (C=S) groups is 1. The van der Waals surface area contributed by atoms with Gasteiger partial charge in [0.25, 0.3) is 5.91 Å². The Bertz CT molecular complexity index is 743. The van der Waals surface area contributed by atoms with Crippen molar-refractivity contribution in [3.63, 3.8) is 0 Å². The Morgan fingerprint density at radius 2 is 1.64 bits per heavy atom. The van der Waals surface area contributed by atoms with E-state index < -0.39 is 0 Å². The van der Waals surface area contributed by atoms with Crippen LogP contribution in [0.3, 0.4) is 0 Å². The number of ether oxygens (including phenoxy) is 1. The van der Waals surface area contributed by atoms with E-state index in [1.165, 1.54) is 0 Å². The molecule has 0 aliphatic carbocycles. The molecule has 2 aromatic rings. The minimum absolute atomic E-state index is 0.230. The minimum atomic E-state index is -0.230. The van der Waals surface area contributed by atoms with Gasteiger partial charge in [-0.1, -0.05) is 42.5 Å². The van der Waals surface area contributed by atoms with Gasteiger partial charge in [0.1, 0.15) is 5.75 Å². The molecular weight excluding hydrogens is 334 g/mol. The molecule has 5 nitrogen and oxygen atoms in total. The topological polar surface area (TPSA) is 44.8 Å². The van der Waals surface area contributed by atoms with Crippen molar-refractivity contribution in [2.75, 3.05) is 43.5 Å². The van der Waals surface area contributed by atoms with E-state index in [0.717, 1.165) is 30.2 Å². The van der Waals surface area contributed by atoms with Crippen LogP contribution in [0.15, 0.2) is 54.6 Å². The zero-order chi connectivity index (χ0) is 17.6. The third-order valence-corrected chi connectivity index (χ3v) is 4.66. The number of piperazine rings is 1. The molecule has 0 spiro atoms. The second-order valence-electron chi connectivity index (χ2n) is 5.77. The summed E-state index contributed by atoms with van der Waals surface area (Å²) in [5.41, 5.74) is 1.83. The molecule has 1 saturated heterocycles. The predicted molar refractivity (Wildman–Crippen MR) is 104 cm³/mol. The van der Waals surface area contributed by atoms with Crippen LogP contribution >= 0.6 is 12.2 Å². The van der Waals surface area contributed by atoms with Crippen LogP contribution < -0.4 is 15.0 Å². The lowest BCUT2D eigenvalue weighted by molar-refractivity contribution is -0.110. The maximum atomic E-state index is 12.3. The van der Waals surface area contributed by atoms with Gasteiger partial charge in [-0.2, -0.15) is 0 Å². The SMILES string of the molecule is COc1ccccc1N1CCN(C(=S)C(=O)Nc2ccccc2)CC1. The molecule has 1 fully saturated rings. The lowest BCUT2D eigenvalue weighted by Crippen LogP contribution is -2.51. The monoisotopic (exact) mass is 355 g/mol. The van der Waals surface area contributed by atoms with Gasteiger partial charge in [0.2, 0.25) is 0 Å². The molecule has 130 valence electrons. The van der Waals surface area contributed by atoms with E-state index in [4.69, 9.17) is 17.0 Å². The van der Waals surface area contributed by atoms with Crippen molar-refractivity contribution >= 4 is 34.5 Å². The number of nitrogens with zero attached hydrogens (tertiary/aromatic N) is 2. The molecule has 0 unspecified atom stereocenters. The fourth-order valence-electron chi connectivity index (χ4n) is 2.89. The smallest absolute Gasteiger partial charge is 0.283 e. The second kappa shape index (κ2) is 7.98. The van der Waals surface area contributed by atoms with Gasteiger partial charge in [-0.3, -0.25) is 4.79 Å². The molecule has 2 aromatic carbocycles. The first-order valence-electron chi connectivity index (χ1n) is 8.22. The molecule has 1 N–H and O–H groups in total.